The number of pyridine rings is 1. The minimum Gasteiger partial charge on any atom is -0.354 e. The highest BCUT2D eigenvalue weighted by atomic mass is 32.2. The van der Waals surface area contributed by atoms with Crippen LogP contribution in [-0.4, -0.2) is 42.8 Å². The molecule has 0 radical (unpaired) electrons. The maximum absolute atomic E-state index is 12.8. The average Bonchev–Trinajstić information content (AvgIpc) is 2.81. The van der Waals surface area contributed by atoms with E-state index in [1.54, 1.807) is 13.8 Å². The molecule has 1 aliphatic rings. The van der Waals surface area contributed by atoms with Crippen LogP contribution < -0.4 is 10.9 Å². The maximum Gasteiger partial charge on any atom is 0.251 e. The lowest BCUT2D eigenvalue weighted by Crippen LogP contribution is -2.43. The lowest BCUT2D eigenvalue weighted by molar-refractivity contribution is -0.122. The third kappa shape index (κ3) is 5.30. The smallest absolute Gasteiger partial charge is 0.251 e. The van der Waals surface area contributed by atoms with Crippen molar-refractivity contribution in [1.29, 1.82) is 0 Å². The summed E-state index contributed by atoms with van der Waals surface area (Å²) in [6.07, 6.45) is 6.73. The van der Waals surface area contributed by atoms with Gasteiger partial charge in [0.15, 0.2) is 0 Å². The molecule has 0 spiro atoms. The Labute approximate surface area is 190 Å². The molecule has 3 rings (SSSR count). The van der Waals surface area contributed by atoms with Crippen LogP contribution in [0.4, 0.5) is 0 Å². The number of hydrogen-bond donors (Lipinski definition) is 1. The number of hydrogen-bond acceptors (Lipinski definition) is 4. The zero-order chi connectivity index (χ0) is 23.2. The van der Waals surface area contributed by atoms with Crippen molar-refractivity contribution in [3.05, 3.63) is 64.6 Å². The van der Waals surface area contributed by atoms with E-state index in [0.29, 0.717) is 19.6 Å². The summed E-state index contributed by atoms with van der Waals surface area (Å²) < 4.78 is 28.1. The fourth-order valence-corrected chi connectivity index (χ4v) is 6.04. The molecular weight excluding hydrogens is 426 g/mol. The standard InChI is InChI=1S/C24H33N3O4S/c1-3-27(4-2)32(30,31)21-13-14-23(29)26(17-21)18-22(28)25-19-24(15-9-6-10-16-24)20-11-7-5-8-12-20/h5,7-8,11-14,17H,3-4,6,9-10,15-16,18-19H2,1-2H3,(H,25,28). The monoisotopic (exact) mass is 459 g/mol. The lowest BCUT2D eigenvalue weighted by atomic mass is 9.69. The van der Waals surface area contributed by atoms with E-state index in [2.05, 4.69) is 17.4 Å². The van der Waals surface area contributed by atoms with E-state index in [0.717, 1.165) is 25.7 Å². The Bertz CT molecular complexity index is 1070. The zero-order valence-electron chi connectivity index (χ0n) is 18.9. The minimum absolute atomic E-state index is 0.0154. The first-order valence-electron chi connectivity index (χ1n) is 11.4. The first-order chi connectivity index (χ1) is 15.3. The van der Waals surface area contributed by atoms with Crippen molar-refractivity contribution < 1.29 is 13.2 Å². The molecule has 0 bridgehead atoms. The molecule has 1 amide bonds. The van der Waals surface area contributed by atoms with Crippen molar-refractivity contribution in [2.45, 2.75) is 62.8 Å². The summed E-state index contributed by atoms with van der Waals surface area (Å²) in [5, 5.41) is 3.01. The first-order valence-corrected chi connectivity index (χ1v) is 12.8. The highest BCUT2D eigenvalue weighted by molar-refractivity contribution is 7.89. The molecule has 2 aromatic rings. The molecule has 1 saturated carbocycles. The van der Waals surface area contributed by atoms with E-state index in [9.17, 15) is 18.0 Å². The number of nitrogens with zero attached hydrogens (tertiary/aromatic N) is 2. The SMILES string of the molecule is CCN(CC)S(=O)(=O)c1ccc(=O)n(CC(=O)NCC2(c3ccccc3)CCCCC2)c1. The number of carbonyl (C=O) groups is 1. The van der Waals surface area contributed by atoms with Gasteiger partial charge in [-0.2, -0.15) is 4.31 Å². The second kappa shape index (κ2) is 10.4. The molecule has 1 aromatic heterocycles. The molecule has 0 aliphatic heterocycles. The summed E-state index contributed by atoms with van der Waals surface area (Å²) in [4.78, 5) is 25.1. The topological polar surface area (TPSA) is 88.5 Å². The zero-order valence-corrected chi connectivity index (χ0v) is 19.7. The number of sulfonamides is 1. The molecule has 8 heteroatoms. The molecule has 1 heterocycles. The molecule has 1 N–H and O–H groups in total. The van der Waals surface area contributed by atoms with Gasteiger partial charge in [-0.3, -0.25) is 9.59 Å². The Balaban J connectivity index is 1.75. The van der Waals surface area contributed by atoms with Crippen LogP contribution >= 0.6 is 0 Å². The van der Waals surface area contributed by atoms with Gasteiger partial charge in [0.25, 0.3) is 5.56 Å². The minimum atomic E-state index is -3.71. The lowest BCUT2D eigenvalue weighted by Gasteiger charge is -2.38. The number of benzene rings is 1. The maximum atomic E-state index is 12.8. The summed E-state index contributed by atoms with van der Waals surface area (Å²) in [5.41, 5.74) is 0.715. The normalized spacial score (nSPS) is 16.1. The largest absolute Gasteiger partial charge is 0.354 e. The van der Waals surface area contributed by atoms with Crippen LogP contribution in [0.15, 0.2) is 58.4 Å². The van der Waals surface area contributed by atoms with Crippen LogP contribution in [0.5, 0.6) is 0 Å². The van der Waals surface area contributed by atoms with Crippen LogP contribution in [0.1, 0.15) is 51.5 Å². The van der Waals surface area contributed by atoms with Gasteiger partial charge in [0.05, 0.1) is 4.90 Å². The Kier molecular flexibility index (Phi) is 7.90. The van der Waals surface area contributed by atoms with Crippen LogP contribution in [0.3, 0.4) is 0 Å². The summed E-state index contributed by atoms with van der Waals surface area (Å²) >= 11 is 0. The van der Waals surface area contributed by atoms with E-state index in [1.807, 2.05) is 18.2 Å². The van der Waals surface area contributed by atoms with Crippen LogP contribution in [0.25, 0.3) is 0 Å². The van der Waals surface area contributed by atoms with Gasteiger partial charge in [0.1, 0.15) is 6.54 Å². The summed E-state index contributed by atoms with van der Waals surface area (Å²) in [7, 11) is -3.71. The molecule has 32 heavy (non-hydrogen) atoms. The van der Waals surface area contributed by atoms with Gasteiger partial charge in [0, 0.05) is 37.3 Å². The predicted molar refractivity (Wildman–Crippen MR) is 125 cm³/mol. The van der Waals surface area contributed by atoms with Gasteiger partial charge in [-0.15, -0.1) is 0 Å². The highest BCUT2D eigenvalue weighted by Crippen LogP contribution is 2.38. The van der Waals surface area contributed by atoms with Crippen molar-refractivity contribution in [1.82, 2.24) is 14.2 Å². The fourth-order valence-electron chi connectivity index (χ4n) is 4.56. The summed E-state index contributed by atoms with van der Waals surface area (Å²) in [6.45, 7) is 4.48. The van der Waals surface area contributed by atoms with E-state index in [4.69, 9.17) is 0 Å². The van der Waals surface area contributed by atoms with E-state index in [-0.39, 0.29) is 22.8 Å². The molecule has 0 atom stereocenters. The van der Waals surface area contributed by atoms with Gasteiger partial charge < -0.3 is 9.88 Å². The van der Waals surface area contributed by atoms with Crippen molar-refractivity contribution in [3.63, 3.8) is 0 Å². The molecule has 0 unspecified atom stereocenters. The highest BCUT2D eigenvalue weighted by Gasteiger charge is 2.34. The summed E-state index contributed by atoms with van der Waals surface area (Å²) in [5.74, 6) is -0.301. The first kappa shape index (κ1) is 24.2. The van der Waals surface area contributed by atoms with Crippen LogP contribution in [0.2, 0.25) is 0 Å². The second-order valence-corrected chi connectivity index (χ2v) is 10.3. The van der Waals surface area contributed by atoms with E-state index < -0.39 is 15.6 Å². The molecule has 1 aliphatic carbocycles. The quantitative estimate of drug-likeness (QED) is 0.625. The van der Waals surface area contributed by atoms with Crippen molar-refractivity contribution in [3.8, 4) is 0 Å². The van der Waals surface area contributed by atoms with Gasteiger partial charge in [-0.1, -0.05) is 63.4 Å². The second-order valence-electron chi connectivity index (χ2n) is 8.40. The Morgan fingerprint density at radius 2 is 1.69 bits per heavy atom. The third-order valence-electron chi connectivity index (χ3n) is 6.43. The summed E-state index contributed by atoms with van der Waals surface area (Å²) in [6, 6.07) is 12.8. The van der Waals surface area contributed by atoms with Crippen LogP contribution in [0, 0.1) is 0 Å². The molecule has 7 nitrogen and oxygen atoms in total. The number of carbonyl (C=O) groups excluding carboxylic acids is 1. The van der Waals surface area contributed by atoms with Gasteiger partial charge in [-0.05, 0) is 24.5 Å². The number of nitrogens with one attached hydrogen (secondary N) is 1. The number of aromatic nitrogens is 1. The Hall–Kier alpha value is -2.45. The van der Waals surface area contributed by atoms with Crippen molar-refractivity contribution in [2.24, 2.45) is 0 Å². The van der Waals surface area contributed by atoms with E-state index in [1.165, 1.54) is 39.2 Å². The third-order valence-corrected chi connectivity index (χ3v) is 8.47. The van der Waals surface area contributed by atoms with Crippen molar-refractivity contribution in [2.75, 3.05) is 19.6 Å². The van der Waals surface area contributed by atoms with Gasteiger partial charge in [-0.25, -0.2) is 8.42 Å². The number of rotatable bonds is 9. The average molecular weight is 460 g/mol. The van der Waals surface area contributed by atoms with E-state index >= 15 is 0 Å². The van der Waals surface area contributed by atoms with Crippen LogP contribution in [-0.2, 0) is 26.8 Å². The molecular formula is C24H33N3O4S. The van der Waals surface area contributed by atoms with Crippen molar-refractivity contribution >= 4 is 15.9 Å². The molecule has 0 saturated heterocycles. The predicted octanol–water partition coefficient (Wildman–Crippen LogP) is 2.90. The Morgan fingerprint density at radius 3 is 2.31 bits per heavy atom. The van der Waals surface area contributed by atoms with Gasteiger partial charge in [0.2, 0.25) is 15.9 Å². The fraction of sp³-hybridized carbons (Fsp3) is 0.500. The molecule has 1 fully saturated rings. The van der Waals surface area contributed by atoms with Gasteiger partial charge >= 0.3 is 0 Å². The number of amides is 1. The Morgan fingerprint density at radius 1 is 1.03 bits per heavy atom. The molecule has 1 aromatic carbocycles. The molecule has 174 valence electrons.